The predicted octanol–water partition coefficient (Wildman–Crippen LogP) is 5.93. The zero-order chi connectivity index (χ0) is 60.0. The van der Waals surface area contributed by atoms with Gasteiger partial charge in [0.15, 0.2) is 11.6 Å². The predicted molar refractivity (Wildman–Crippen MR) is 313 cm³/mol. The minimum Gasteiger partial charge on any atom is -0.379 e. The van der Waals surface area contributed by atoms with Gasteiger partial charge in [-0.15, -0.1) is 0 Å². The van der Waals surface area contributed by atoms with Crippen LogP contribution in [0.3, 0.4) is 0 Å². The quantitative estimate of drug-likeness (QED) is 0.0498. The monoisotopic (exact) mass is 1120 g/mol. The fourth-order valence-electron chi connectivity index (χ4n) is 11.4. The van der Waals surface area contributed by atoms with Crippen LogP contribution in [0.15, 0.2) is 54.6 Å². The highest BCUT2D eigenvalue weighted by atomic mass is 16.5. The first-order valence-corrected chi connectivity index (χ1v) is 29.1. The Bertz CT molecular complexity index is 2290. The summed E-state index contributed by atoms with van der Waals surface area (Å²) in [7, 11) is 8.66. The van der Waals surface area contributed by atoms with E-state index in [4.69, 9.17) is 20.9 Å². The van der Waals surface area contributed by atoms with Gasteiger partial charge in [-0.25, -0.2) is 4.79 Å². The molecule has 448 valence electrons. The summed E-state index contributed by atoms with van der Waals surface area (Å²) in [5.41, 5.74) is 13.8. The summed E-state index contributed by atoms with van der Waals surface area (Å²) in [6.45, 7) is 18.5. The molecule has 11 atom stereocenters. The van der Waals surface area contributed by atoms with Gasteiger partial charge in [-0.1, -0.05) is 123 Å². The topological polar surface area (TPSA) is 253 Å². The van der Waals surface area contributed by atoms with Gasteiger partial charge in [0.25, 0.3) is 0 Å². The Labute approximate surface area is 478 Å². The Morgan fingerprint density at radius 2 is 1.36 bits per heavy atom. The van der Waals surface area contributed by atoms with E-state index in [9.17, 15) is 38.4 Å². The zero-order valence-electron chi connectivity index (χ0n) is 50.8. The first kappa shape index (κ1) is 68.7. The standard InChI is InChI=1S/C62H100N8O10/c1-15-41(8)57(69(12)61(77)47(38(2)3)36-52(73)56(40(6)7)68(10)11)53(79-13)37-54(74)70-32-20-24-49(70)58(80-14)42(9)50(71)35-46(33-44-21-17-16-18-22-44)59(75)65-31-29-43-25-27-45(28-26-43)34-51(72)48(23-19-30-66-62(64)78)67-60(76)55(63)39(4)5/h16-18,21-22,25-28,38-42,46-49,53,55-58H,15,19-20,23-24,29-37,63H2,1-14H3,(H,65,75)(H,67,76)(H3,64,66,78)/t41?,42?,46-,47+,48?,49?,53?,55-,56?,57?,58?/m1/s1. The van der Waals surface area contributed by atoms with E-state index in [0.29, 0.717) is 51.6 Å². The number of carbonyl (C=O) groups excluding carboxylic acids is 8. The lowest BCUT2D eigenvalue weighted by atomic mass is 9.83. The van der Waals surface area contributed by atoms with Crippen molar-refractivity contribution in [1.82, 2.24) is 30.7 Å². The molecule has 3 rings (SSSR count). The number of benzene rings is 2. The maximum Gasteiger partial charge on any atom is 0.312 e. The number of nitrogens with one attached hydrogen (secondary N) is 3. The minimum atomic E-state index is -0.807. The van der Waals surface area contributed by atoms with E-state index in [1.165, 1.54) is 0 Å². The summed E-state index contributed by atoms with van der Waals surface area (Å²) in [5.74, 6) is -3.41. The van der Waals surface area contributed by atoms with Crippen molar-refractivity contribution in [3.63, 3.8) is 0 Å². The molecule has 0 aliphatic carbocycles. The average molecular weight is 1120 g/mol. The van der Waals surface area contributed by atoms with Crippen molar-refractivity contribution in [3.05, 3.63) is 71.3 Å². The summed E-state index contributed by atoms with van der Waals surface area (Å²) < 4.78 is 12.2. The highest BCUT2D eigenvalue weighted by molar-refractivity contribution is 5.92. The van der Waals surface area contributed by atoms with E-state index < -0.39 is 66.1 Å². The van der Waals surface area contributed by atoms with Crippen molar-refractivity contribution in [1.29, 1.82) is 0 Å². The largest absolute Gasteiger partial charge is 0.379 e. The van der Waals surface area contributed by atoms with Crippen LogP contribution in [-0.2, 0) is 62.3 Å². The molecule has 1 saturated heterocycles. The Hall–Kier alpha value is -5.56. The number of methoxy groups -OCH3 is 2. The molecule has 1 aliphatic rings. The highest BCUT2D eigenvalue weighted by Gasteiger charge is 2.44. The first-order chi connectivity index (χ1) is 37.8. The zero-order valence-corrected chi connectivity index (χ0v) is 50.8. The van der Waals surface area contributed by atoms with Crippen LogP contribution >= 0.6 is 0 Å². The molecule has 1 fully saturated rings. The molecule has 0 aromatic heterocycles. The van der Waals surface area contributed by atoms with Crippen molar-refractivity contribution in [2.45, 2.75) is 175 Å². The number of amides is 6. The second-order valence-corrected chi connectivity index (χ2v) is 23.6. The summed E-state index contributed by atoms with van der Waals surface area (Å²) in [6.07, 6.45) is 2.41. The molecule has 2 aromatic carbocycles. The summed E-state index contributed by atoms with van der Waals surface area (Å²) >= 11 is 0. The van der Waals surface area contributed by atoms with E-state index in [1.54, 1.807) is 31.1 Å². The number of ketones is 3. The number of nitrogens with two attached hydrogens (primary N) is 2. The van der Waals surface area contributed by atoms with Gasteiger partial charge in [0.05, 0.1) is 48.8 Å². The van der Waals surface area contributed by atoms with E-state index in [1.807, 2.05) is 129 Å². The number of nitrogens with zero attached hydrogens (tertiary/aromatic N) is 3. The molecule has 0 spiro atoms. The molecule has 2 aromatic rings. The van der Waals surface area contributed by atoms with E-state index in [2.05, 4.69) is 22.9 Å². The molecule has 18 heteroatoms. The maximum atomic E-state index is 14.6. The third-order valence-corrected chi connectivity index (χ3v) is 16.4. The SMILES string of the molecule is CCC(C)C(C(CC(=O)N1CCCC1C(OC)C(C)C(=O)C[C@@H](Cc1ccccc1)C(=O)NCCc1ccc(CC(=O)C(CCCNC(N)=O)NC(=O)[C@H](N)C(C)C)cc1)OC)N(C)C(=O)[C@@H](CC(=O)C(C(C)C)N(C)C)C(C)C. The molecular formula is C62H100N8O10. The normalized spacial score (nSPS) is 17.4. The molecule has 18 nitrogen and oxygen atoms in total. The van der Waals surface area contributed by atoms with Crippen LogP contribution in [0.4, 0.5) is 4.79 Å². The van der Waals surface area contributed by atoms with Gasteiger partial charge in [-0.05, 0) is 93.0 Å². The van der Waals surface area contributed by atoms with E-state index >= 15 is 0 Å². The lowest BCUT2D eigenvalue weighted by molar-refractivity contribution is -0.149. The van der Waals surface area contributed by atoms with E-state index in [-0.39, 0.29) is 97.0 Å². The average Bonchev–Trinajstić information content (AvgIpc) is 3.90. The lowest BCUT2D eigenvalue weighted by Crippen LogP contribution is -2.54. The first-order valence-electron chi connectivity index (χ1n) is 29.1. The fourth-order valence-corrected chi connectivity index (χ4v) is 11.4. The third kappa shape index (κ3) is 20.8. The molecule has 0 radical (unpaired) electrons. The highest BCUT2D eigenvalue weighted by Crippen LogP contribution is 2.32. The van der Waals surface area contributed by atoms with Crippen LogP contribution in [0.2, 0.25) is 0 Å². The van der Waals surface area contributed by atoms with Gasteiger partial charge < -0.3 is 46.7 Å². The molecule has 6 amide bonds. The van der Waals surface area contributed by atoms with Crippen molar-refractivity contribution in [2.75, 3.05) is 55.0 Å². The number of hydrogen-bond donors (Lipinski definition) is 5. The Kier molecular flexibility index (Phi) is 29.2. The summed E-state index contributed by atoms with van der Waals surface area (Å²) in [4.78, 5) is 114. The molecule has 0 bridgehead atoms. The van der Waals surface area contributed by atoms with Crippen LogP contribution in [-0.4, -0.2) is 159 Å². The van der Waals surface area contributed by atoms with Crippen LogP contribution < -0.4 is 27.4 Å². The number of Topliss-reactive ketones (excluding diaryl/α,β-unsaturated/α-hetero) is 3. The van der Waals surface area contributed by atoms with Crippen LogP contribution in [0, 0.1) is 41.4 Å². The number of rotatable bonds is 36. The molecule has 8 unspecified atom stereocenters. The number of ether oxygens (including phenoxy) is 2. The molecule has 0 saturated carbocycles. The Morgan fingerprint density at radius 1 is 0.725 bits per heavy atom. The molecular weight excluding hydrogens is 1020 g/mol. The number of likely N-dealkylation sites (N-methyl/N-ethyl adjacent to an activating group) is 2. The van der Waals surface area contributed by atoms with Crippen molar-refractivity contribution >= 4 is 47.0 Å². The lowest BCUT2D eigenvalue weighted by Gasteiger charge is -2.41. The number of carbonyl (C=O) groups is 8. The fraction of sp³-hybridized carbons (Fsp3) is 0.677. The summed E-state index contributed by atoms with van der Waals surface area (Å²) in [5, 5.41) is 8.37. The van der Waals surface area contributed by atoms with Gasteiger partial charge >= 0.3 is 6.03 Å². The minimum absolute atomic E-state index is 0.00115. The number of primary amides is 1. The van der Waals surface area contributed by atoms with Crippen LogP contribution in [0.1, 0.15) is 130 Å². The maximum absolute atomic E-state index is 14.6. The van der Waals surface area contributed by atoms with E-state index in [0.717, 1.165) is 23.1 Å². The van der Waals surface area contributed by atoms with Crippen LogP contribution in [0.25, 0.3) is 0 Å². The second-order valence-electron chi connectivity index (χ2n) is 23.6. The third-order valence-electron chi connectivity index (χ3n) is 16.4. The second kappa shape index (κ2) is 34.0. The van der Waals surface area contributed by atoms with Crippen molar-refractivity contribution in [3.8, 4) is 0 Å². The molecule has 1 aliphatic heterocycles. The molecule has 7 N–H and O–H groups in total. The Balaban J connectivity index is 1.73. The summed E-state index contributed by atoms with van der Waals surface area (Å²) in [6, 6.07) is 13.6. The van der Waals surface area contributed by atoms with Crippen molar-refractivity contribution < 1.29 is 47.8 Å². The van der Waals surface area contributed by atoms with Gasteiger partial charge in [-0.3, -0.25) is 38.5 Å². The van der Waals surface area contributed by atoms with Crippen molar-refractivity contribution in [2.24, 2.45) is 52.9 Å². The van der Waals surface area contributed by atoms with Gasteiger partial charge in [0.1, 0.15) is 5.78 Å². The Morgan fingerprint density at radius 3 is 1.91 bits per heavy atom. The van der Waals surface area contributed by atoms with Gasteiger partial charge in [0.2, 0.25) is 23.6 Å². The number of hydrogen-bond acceptors (Lipinski definition) is 12. The molecule has 1 heterocycles. The van der Waals surface area contributed by atoms with Gasteiger partial charge in [-0.2, -0.15) is 0 Å². The molecule has 80 heavy (non-hydrogen) atoms. The van der Waals surface area contributed by atoms with Crippen LogP contribution in [0.5, 0.6) is 0 Å². The number of likely N-dealkylation sites (tertiary alicyclic amines) is 1. The van der Waals surface area contributed by atoms with Gasteiger partial charge in [0, 0.05) is 77.9 Å². The number of urea groups is 1. The smallest absolute Gasteiger partial charge is 0.312 e.